The number of amides is 2. The molecule has 28 heavy (non-hydrogen) atoms. The summed E-state index contributed by atoms with van der Waals surface area (Å²) in [7, 11) is 1.87. The van der Waals surface area contributed by atoms with Gasteiger partial charge >= 0.3 is 0 Å². The van der Waals surface area contributed by atoms with Crippen molar-refractivity contribution in [2.45, 2.75) is 19.8 Å². The van der Waals surface area contributed by atoms with Crippen LogP contribution in [0.2, 0.25) is 0 Å². The standard InChI is InChI=1S/C20H30N4O2.2ClH/c1-16(14-21-2)20(26)23-12-10-22(11-13-23)15-19(25)24-9-5-7-17-6-3-4-8-18(17)24;;/h3-4,6,8,16,21H,5,7,9-15H2,1-2H3;2*1H. The van der Waals surface area contributed by atoms with E-state index in [1.807, 2.05) is 42.0 Å². The molecule has 6 nitrogen and oxygen atoms in total. The summed E-state index contributed by atoms with van der Waals surface area (Å²) in [4.78, 5) is 31.3. The Labute approximate surface area is 180 Å². The number of anilines is 1. The quantitative estimate of drug-likeness (QED) is 0.773. The van der Waals surface area contributed by atoms with Crippen LogP contribution in [0.4, 0.5) is 5.69 Å². The minimum atomic E-state index is -0.00182. The average molecular weight is 431 g/mol. The van der Waals surface area contributed by atoms with Crippen LogP contribution in [0.5, 0.6) is 0 Å². The third kappa shape index (κ3) is 5.83. The number of hydrogen-bond acceptors (Lipinski definition) is 4. The van der Waals surface area contributed by atoms with E-state index >= 15 is 0 Å². The highest BCUT2D eigenvalue weighted by molar-refractivity contribution is 5.96. The van der Waals surface area contributed by atoms with Crippen molar-refractivity contribution in [3.05, 3.63) is 29.8 Å². The van der Waals surface area contributed by atoms with Gasteiger partial charge in [-0.3, -0.25) is 14.5 Å². The van der Waals surface area contributed by atoms with Gasteiger partial charge in [0.05, 0.1) is 6.54 Å². The smallest absolute Gasteiger partial charge is 0.241 e. The van der Waals surface area contributed by atoms with E-state index in [1.54, 1.807) is 0 Å². The number of carbonyl (C=O) groups is 2. The van der Waals surface area contributed by atoms with Crippen LogP contribution in [0.3, 0.4) is 0 Å². The van der Waals surface area contributed by atoms with Crippen LogP contribution < -0.4 is 10.2 Å². The van der Waals surface area contributed by atoms with Crippen LogP contribution in [-0.4, -0.2) is 74.5 Å². The maximum atomic E-state index is 12.8. The predicted octanol–water partition coefficient (Wildman–Crippen LogP) is 1.81. The van der Waals surface area contributed by atoms with Crippen LogP contribution in [0.15, 0.2) is 24.3 Å². The molecule has 8 heteroatoms. The van der Waals surface area contributed by atoms with Gasteiger partial charge in [0.2, 0.25) is 11.8 Å². The molecule has 1 aromatic carbocycles. The van der Waals surface area contributed by atoms with Gasteiger partial charge in [-0.15, -0.1) is 24.8 Å². The molecule has 2 aliphatic heterocycles. The number of piperazine rings is 1. The Bertz CT molecular complexity index is 651. The van der Waals surface area contributed by atoms with Crippen LogP contribution in [0, 0.1) is 5.92 Å². The van der Waals surface area contributed by atoms with Crippen molar-refractivity contribution >= 4 is 42.3 Å². The highest BCUT2D eigenvalue weighted by Crippen LogP contribution is 2.26. The highest BCUT2D eigenvalue weighted by atomic mass is 35.5. The number of nitrogens with zero attached hydrogens (tertiary/aromatic N) is 3. The molecule has 3 rings (SSSR count). The van der Waals surface area contributed by atoms with E-state index in [0.717, 1.165) is 38.2 Å². The Morgan fingerprint density at radius 3 is 2.43 bits per heavy atom. The fourth-order valence-electron chi connectivity index (χ4n) is 3.90. The summed E-state index contributed by atoms with van der Waals surface area (Å²) in [6.07, 6.45) is 2.07. The first-order valence-corrected chi connectivity index (χ1v) is 9.64. The van der Waals surface area contributed by atoms with Crippen LogP contribution >= 0.6 is 24.8 Å². The largest absolute Gasteiger partial charge is 0.340 e. The van der Waals surface area contributed by atoms with E-state index in [0.29, 0.717) is 26.2 Å². The summed E-state index contributed by atoms with van der Waals surface area (Å²) in [6.45, 7) is 6.83. The molecule has 158 valence electrons. The molecule has 2 amide bonds. The number of rotatable bonds is 5. The summed E-state index contributed by atoms with van der Waals surface area (Å²) in [5, 5.41) is 3.06. The monoisotopic (exact) mass is 430 g/mol. The Balaban J connectivity index is 0.00000196. The van der Waals surface area contributed by atoms with Crippen molar-refractivity contribution < 1.29 is 9.59 Å². The van der Waals surface area contributed by atoms with Crippen LogP contribution in [0.1, 0.15) is 18.9 Å². The van der Waals surface area contributed by atoms with E-state index in [4.69, 9.17) is 0 Å². The second-order valence-electron chi connectivity index (χ2n) is 7.34. The number of para-hydroxylation sites is 1. The Morgan fingerprint density at radius 2 is 1.75 bits per heavy atom. The zero-order chi connectivity index (χ0) is 18.5. The molecule has 2 aliphatic rings. The molecule has 2 heterocycles. The zero-order valence-electron chi connectivity index (χ0n) is 16.7. The van der Waals surface area contributed by atoms with E-state index in [2.05, 4.69) is 16.3 Å². The van der Waals surface area contributed by atoms with Gasteiger partial charge in [-0.05, 0) is 31.5 Å². The Hall–Kier alpha value is -1.34. The molecule has 0 aliphatic carbocycles. The third-order valence-electron chi connectivity index (χ3n) is 5.39. The van der Waals surface area contributed by atoms with Gasteiger partial charge in [0, 0.05) is 50.9 Å². The number of carbonyl (C=O) groups excluding carboxylic acids is 2. The molecule has 0 radical (unpaired) electrons. The molecule has 1 aromatic rings. The predicted molar refractivity (Wildman–Crippen MR) is 118 cm³/mol. The van der Waals surface area contributed by atoms with Gasteiger partial charge in [0.15, 0.2) is 0 Å². The molecule has 0 saturated carbocycles. The maximum Gasteiger partial charge on any atom is 0.241 e. The summed E-state index contributed by atoms with van der Waals surface area (Å²) >= 11 is 0. The molecule has 0 spiro atoms. The van der Waals surface area contributed by atoms with E-state index in [-0.39, 0.29) is 42.5 Å². The Morgan fingerprint density at radius 1 is 1.07 bits per heavy atom. The zero-order valence-corrected chi connectivity index (χ0v) is 18.4. The SMILES string of the molecule is CNCC(C)C(=O)N1CCN(CC(=O)N2CCCc3ccccc32)CC1.Cl.Cl. The van der Waals surface area contributed by atoms with Crippen molar-refractivity contribution in [2.24, 2.45) is 5.92 Å². The van der Waals surface area contributed by atoms with Crippen molar-refractivity contribution in [1.29, 1.82) is 0 Å². The van der Waals surface area contributed by atoms with Gasteiger partial charge in [0.25, 0.3) is 0 Å². The molecule has 1 saturated heterocycles. The lowest BCUT2D eigenvalue weighted by Gasteiger charge is -2.37. The molecular weight excluding hydrogens is 399 g/mol. The molecule has 1 unspecified atom stereocenters. The molecule has 0 aromatic heterocycles. The lowest BCUT2D eigenvalue weighted by atomic mass is 10.0. The summed E-state index contributed by atoms with van der Waals surface area (Å²) in [6, 6.07) is 8.21. The lowest BCUT2D eigenvalue weighted by Crippen LogP contribution is -2.53. The number of aryl methyl sites for hydroxylation is 1. The highest BCUT2D eigenvalue weighted by Gasteiger charge is 2.28. The molecule has 1 N–H and O–H groups in total. The van der Waals surface area contributed by atoms with Crippen molar-refractivity contribution in [3.63, 3.8) is 0 Å². The summed E-state index contributed by atoms with van der Waals surface area (Å²) in [5.74, 6) is 0.369. The second kappa shape index (κ2) is 11.6. The summed E-state index contributed by atoms with van der Waals surface area (Å²) in [5.41, 5.74) is 2.33. The van der Waals surface area contributed by atoms with E-state index in [1.165, 1.54) is 5.56 Å². The average Bonchev–Trinajstić information content (AvgIpc) is 2.67. The van der Waals surface area contributed by atoms with Gasteiger partial charge in [-0.1, -0.05) is 25.1 Å². The third-order valence-corrected chi connectivity index (χ3v) is 5.39. The fourth-order valence-corrected chi connectivity index (χ4v) is 3.90. The number of nitrogens with one attached hydrogen (secondary N) is 1. The molecule has 1 fully saturated rings. The Kier molecular flexibility index (Phi) is 10.2. The normalized spacial score (nSPS) is 17.8. The van der Waals surface area contributed by atoms with Crippen molar-refractivity contribution in [2.75, 3.05) is 57.8 Å². The first kappa shape index (κ1) is 24.7. The second-order valence-corrected chi connectivity index (χ2v) is 7.34. The number of halogens is 2. The van der Waals surface area contributed by atoms with Gasteiger partial charge in [0.1, 0.15) is 0 Å². The number of benzene rings is 1. The fraction of sp³-hybridized carbons (Fsp3) is 0.600. The number of fused-ring (bicyclic) bond motifs is 1. The van der Waals surface area contributed by atoms with Crippen molar-refractivity contribution in [3.8, 4) is 0 Å². The lowest BCUT2D eigenvalue weighted by molar-refractivity contribution is -0.136. The van der Waals surface area contributed by atoms with Gasteiger partial charge in [-0.25, -0.2) is 0 Å². The minimum Gasteiger partial charge on any atom is -0.340 e. The maximum absolute atomic E-state index is 12.8. The van der Waals surface area contributed by atoms with Crippen LogP contribution in [-0.2, 0) is 16.0 Å². The summed E-state index contributed by atoms with van der Waals surface area (Å²) < 4.78 is 0. The van der Waals surface area contributed by atoms with Gasteiger partial charge < -0.3 is 15.1 Å². The first-order valence-electron chi connectivity index (χ1n) is 9.64. The first-order chi connectivity index (χ1) is 12.6. The minimum absolute atomic E-state index is 0. The molecule has 0 bridgehead atoms. The van der Waals surface area contributed by atoms with E-state index in [9.17, 15) is 9.59 Å². The van der Waals surface area contributed by atoms with Crippen molar-refractivity contribution in [1.82, 2.24) is 15.1 Å². The molecular formula is C20H32Cl2N4O2. The molecule has 1 atom stereocenters. The van der Waals surface area contributed by atoms with E-state index < -0.39 is 0 Å². The van der Waals surface area contributed by atoms with Gasteiger partial charge in [-0.2, -0.15) is 0 Å². The van der Waals surface area contributed by atoms with Crippen LogP contribution in [0.25, 0.3) is 0 Å². The number of hydrogen-bond donors (Lipinski definition) is 1. The topological polar surface area (TPSA) is 55.9 Å².